The second-order valence-electron chi connectivity index (χ2n) is 5.57. The van der Waals surface area contributed by atoms with Crippen molar-refractivity contribution in [3.8, 4) is 17.3 Å². The maximum absolute atomic E-state index is 5.85. The molecule has 8 nitrogen and oxygen atoms in total. The molecule has 4 rings (SSSR count). The highest BCUT2D eigenvalue weighted by Crippen LogP contribution is 2.36. The molecule has 2 atom stereocenters. The van der Waals surface area contributed by atoms with E-state index in [0.717, 1.165) is 13.0 Å². The third kappa shape index (κ3) is 2.76. The van der Waals surface area contributed by atoms with Gasteiger partial charge in [0.25, 0.3) is 5.89 Å². The van der Waals surface area contributed by atoms with Crippen molar-refractivity contribution < 1.29 is 13.9 Å². The number of hydrogen-bond donors (Lipinski definition) is 0. The van der Waals surface area contributed by atoms with E-state index in [4.69, 9.17) is 13.9 Å². The summed E-state index contributed by atoms with van der Waals surface area (Å²) in [4.78, 5) is 4.15. The fourth-order valence-corrected chi connectivity index (χ4v) is 2.92. The zero-order chi connectivity index (χ0) is 16.4. The maximum Gasteiger partial charge on any atom is 0.253 e. The topological polar surface area (TPSA) is 88.1 Å². The SMILES string of the molecule is COc1ncccc1-c1nnc([C@H]2OCC[C@H]2Cn2cccn2)o1. The number of rotatable bonds is 5. The first-order valence-electron chi connectivity index (χ1n) is 7.77. The Morgan fingerprint density at radius 2 is 2.25 bits per heavy atom. The monoisotopic (exact) mass is 327 g/mol. The molecule has 0 unspecified atom stereocenters. The molecule has 1 aliphatic rings. The van der Waals surface area contributed by atoms with Gasteiger partial charge in [-0.2, -0.15) is 5.10 Å². The van der Waals surface area contributed by atoms with E-state index in [2.05, 4.69) is 20.3 Å². The average molecular weight is 327 g/mol. The Hall–Kier alpha value is -2.74. The van der Waals surface area contributed by atoms with Gasteiger partial charge in [-0.1, -0.05) is 0 Å². The van der Waals surface area contributed by atoms with E-state index in [-0.39, 0.29) is 12.0 Å². The Morgan fingerprint density at radius 1 is 1.29 bits per heavy atom. The molecule has 0 amide bonds. The first-order chi connectivity index (χ1) is 11.8. The van der Waals surface area contributed by atoms with Gasteiger partial charge in [0.2, 0.25) is 11.8 Å². The molecule has 0 aliphatic carbocycles. The third-order valence-corrected chi connectivity index (χ3v) is 4.07. The van der Waals surface area contributed by atoms with Gasteiger partial charge in [0.05, 0.1) is 7.11 Å². The fourth-order valence-electron chi connectivity index (χ4n) is 2.92. The van der Waals surface area contributed by atoms with Gasteiger partial charge in [-0.05, 0) is 24.6 Å². The zero-order valence-electron chi connectivity index (χ0n) is 13.2. The van der Waals surface area contributed by atoms with Gasteiger partial charge in [-0.3, -0.25) is 4.68 Å². The van der Waals surface area contributed by atoms with E-state index >= 15 is 0 Å². The highest BCUT2D eigenvalue weighted by atomic mass is 16.5. The van der Waals surface area contributed by atoms with Gasteiger partial charge in [-0.25, -0.2) is 4.98 Å². The number of aromatic nitrogens is 5. The molecule has 1 saturated heterocycles. The number of nitrogens with zero attached hydrogens (tertiary/aromatic N) is 5. The van der Waals surface area contributed by atoms with Crippen LogP contribution in [0.15, 0.2) is 41.2 Å². The van der Waals surface area contributed by atoms with Crippen LogP contribution < -0.4 is 4.74 Å². The Morgan fingerprint density at radius 3 is 3.08 bits per heavy atom. The summed E-state index contributed by atoms with van der Waals surface area (Å²) < 4.78 is 18.8. The van der Waals surface area contributed by atoms with Crippen LogP contribution in [0.2, 0.25) is 0 Å². The molecule has 4 heterocycles. The third-order valence-electron chi connectivity index (χ3n) is 4.07. The van der Waals surface area contributed by atoms with E-state index in [1.54, 1.807) is 25.6 Å². The molecular formula is C16H17N5O3. The summed E-state index contributed by atoms with van der Waals surface area (Å²) in [6.45, 7) is 1.43. The van der Waals surface area contributed by atoms with Crippen molar-refractivity contribution in [1.29, 1.82) is 0 Å². The zero-order valence-corrected chi connectivity index (χ0v) is 13.2. The average Bonchev–Trinajstić information content (AvgIpc) is 3.36. The molecule has 0 bridgehead atoms. The van der Waals surface area contributed by atoms with Crippen molar-refractivity contribution in [1.82, 2.24) is 25.0 Å². The van der Waals surface area contributed by atoms with Crippen molar-refractivity contribution in [2.24, 2.45) is 5.92 Å². The van der Waals surface area contributed by atoms with Crippen molar-refractivity contribution in [2.75, 3.05) is 13.7 Å². The lowest BCUT2D eigenvalue weighted by atomic mass is 10.0. The molecule has 124 valence electrons. The Kier molecular flexibility index (Phi) is 3.96. The van der Waals surface area contributed by atoms with Gasteiger partial charge >= 0.3 is 0 Å². The lowest BCUT2D eigenvalue weighted by Crippen LogP contribution is -2.15. The summed E-state index contributed by atoms with van der Waals surface area (Å²) in [7, 11) is 1.56. The van der Waals surface area contributed by atoms with Crippen LogP contribution >= 0.6 is 0 Å². The second kappa shape index (κ2) is 6.40. The van der Waals surface area contributed by atoms with Crippen molar-refractivity contribution in [3.05, 3.63) is 42.7 Å². The highest BCUT2D eigenvalue weighted by molar-refractivity contribution is 5.59. The fraction of sp³-hybridized carbons (Fsp3) is 0.375. The van der Waals surface area contributed by atoms with Gasteiger partial charge in [0.15, 0.2) is 0 Å². The van der Waals surface area contributed by atoms with Crippen LogP contribution in [0, 0.1) is 5.92 Å². The van der Waals surface area contributed by atoms with Crippen LogP contribution in [0.4, 0.5) is 0 Å². The van der Waals surface area contributed by atoms with Crippen LogP contribution in [0.5, 0.6) is 5.88 Å². The van der Waals surface area contributed by atoms with Crippen LogP contribution in [0.3, 0.4) is 0 Å². The molecule has 8 heteroatoms. The van der Waals surface area contributed by atoms with Gasteiger partial charge in [0, 0.05) is 37.7 Å². The minimum atomic E-state index is -0.224. The summed E-state index contributed by atoms with van der Waals surface area (Å²) in [5.74, 6) is 1.55. The van der Waals surface area contributed by atoms with E-state index in [9.17, 15) is 0 Å². The van der Waals surface area contributed by atoms with Crippen molar-refractivity contribution in [3.63, 3.8) is 0 Å². The molecular weight excluding hydrogens is 310 g/mol. The van der Waals surface area contributed by atoms with E-state index in [0.29, 0.717) is 29.8 Å². The molecule has 3 aromatic heterocycles. The quantitative estimate of drug-likeness (QED) is 0.709. The minimum Gasteiger partial charge on any atom is -0.480 e. The molecule has 0 N–H and O–H groups in total. The summed E-state index contributed by atoms with van der Waals surface area (Å²) in [5, 5.41) is 12.6. The van der Waals surface area contributed by atoms with Gasteiger partial charge in [-0.15, -0.1) is 10.2 Å². The molecule has 0 saturated carbocycles. The molecule has 0 spiro atoms. The second-order valence-corrected chi connectivity index (χ2v) is 5.57. The molecule has 0 radical (unpaired) electrons. The lowest BCUT2D eigenvalue weighted by molar-refractivity contribution is 0.0633. The maximum atomic E-state index is 5.85. The Bertz CT molecular complexity index is 802. The summed E-state index contributed by atoms with van der Waals surface area (Å²) in [6.07, 6.45) is 6.07. The number of pyridine rings is 1. The first-order valence-corrected chi connectivity index (χ1v) is 7.77. The molecule has 1 fully saturated rings. The normalized spacial score (nSPS) is 20.4. The number of methoxy groups -OCH3 is 1. The molecule has 0 aromatic carbocycles. The Balaban J connectivity index is 1.57. The molecule has 24 heavy (non-hydrogen) atoms. The number of ether oxygens (including phenoxy) is 2. The van der Waals surface area contributed by atoms with Gasteiger partial charge < -0.3 is 13.9 Å². The van der Waals surface area contributed by atoms with Crippen molar-refractivity contribution >= 4 is 0 Å². The minimum absolute atomic E-state index is 0.224. The number of hydrogen-bond acceptors (Lipinski definition) is 7. The largest absolute Gasteiger partial charge is 0.480 e. The van der Waals surface area contributed by atoms with Crippen LogP contribution in [-0.2, 0) is 11.3 Å². The van der Waals surface area contributed by atoms with Gasteiger partial charge in [0.1, 0.15) is 11.7 Å². The highest BCUT2D eigenvalue weighted by Gasteiger charge is 2.34. The van der Waals surface area contributed by atoms with E-state index in [1.165, 1.54) is 0 Å². The summed E-state index contributed by atoms with van der Waals surface area (Å²) in [6, 6.07) is 5.54. The van der Waals surface area contributed by atoms with Crippen molar-refractivity contribution in [2.45, 2.75) is 19.1 Å². The predicted octanol–water partition coefficient (Wildman–Crippen LogP) is 2.11. The first kappa shape index (κ1) is 14.8. The van der Waals surface area contributed by atoms with E-state index in [1.807, 2.05) is 23.0 Å². The van der Waals surface area contributed by atoms with Crippen LogP contribution in [0.25, 0.3) is 11.5 Å². The van der Waals surface area contributed by atoms with E-state index < -0.39 is 0 Å². The summed E-state index contributed by atoms with van der Waals surface area (Å²) in [5.41, 5.74) is 0.667. The standard InChI is InChI=1S/C16H17N5O3/c1-22-14-12(4-2-6-17-14)15-19-20-16(24-15)13-11(5-9-23-13)10-21-8-3-7-18-21/h2-4,6-8,11,13H,5,9-10H2,1H3/t11-,13-/m0/s1. The Labute approximate surface area is 138 Å². The summed E-state index contributed by atoms with van der Waals surface area (Å²) >= 11 is 0. The molecule has 3 aromatic rings. The smallest absolute Gasteiger partial charge is 0.253 e. The lowest BCUT2D eigenvalue weighted by Gasteiger charge is -2.14. The molecule has 1 aliphatic heterocycles. The predicted molar refractivity (Wildman–Crippen MR) is 83.1 cm³/mol. The van der Waals surface area contributed by atoms with Crippen LogP contribution in [0.1, 0.15) is 18.4 Å². The van der Waals surface area contributed by atoms with Crippen LogP contribution in [-0.4, -0.2) is 38.7 Å².